The lowest BCUT2D eigenvalue weighted by atomic mass is 10.3. The molecule has 2 heterocycles. The number of nitrogen functional groups attached to an aromatic ring is 1. The molecule has 2 aromatic rings. The standard InChI is InChI=1S/C11H18N6O/c1-4-8-10(12)11(17(3)15-8)13-6-5-9-14-7(2)16-18-9/h13H,4-6,12H2,1-3H3. The highest BCUT2D eigenvalue weighted by molar-refractivity contribution is 5.64. The van der Waals surface area contributed by atoms with Gasteiger partial charge >= 0.3 is 0 Å². The monoisotopic (exact) mass is 250 g/mol. The van der Waals surface area contributed by atoms with Gasteiger partial charge in [-0.2, -0.15) is 10.1 Å². The van der Waals surface area contributed by atoms with Crippen LogP contribution in [-0.4, -0.2) is 26.5 Å². The van der Waals surface area contributed by atoms with Crippen molar-refractivity contribution in [3.63, 3.8) is 0 Å². The van der Waals surface area contributed by atoms with Gasteiger partial charge in [-0.25, -0.2) is 0 Å². The summed E-state index contributed by atoms with van der Waals surface area (Å²) in [4.78, 5) is 4.14. The Hall–Kier alpha value is -2.05. The second kappa shape index (κ2) is 5.07. The van der Waals surface area contributed by atoms with E-state index >= 15 is 0 Å². The number of nitrogens with one attached hydrogen (secondary N) is 1. The molecule has 2 rings (SSSR count). The number of hydrogen-bond acceptors (Lipinski definition) is 6. The molecule has 0 aromatic carbocycles. The minimum absolute atomic E-state index is 0.622. The molecule has 0 fully saturated rings. The summed E-state index contributed by atoms with van der Waals surface area (Å²) in [5, 5.41) is 11.3. The van der Waals surface area contributed by atoms with Crippen molar-refractivity contribution in [2.75, 3.05) is 17.6 Å². The van der Waals surface area contributed by atoms with Gasteiger partial charge in [0.15, 0.2) is 5.82 Å². The summed E-state index contributed by atoms with van der Waals surface area (Å²) in [6.07, 6.45) is 1.48. The Morgan fingerprint density at radius 2 is 2.22 bits per heavy atom. The van der Waals surface area contributed by atoms with Crippen molar-refractivity contribution in [1.82, 2.24) is 19.9 Å². The highest BCUT2D eigenvalue weighted by Crippen LogP contribution is 2.21. The molecule has 0 saturated carbocycles. The maximum atomic E-state index is 6.00. The maximum Gasteiger partial charge on any atom is 0.228 e. The molecule has 7 heteroatoms. The molecule has 2 aromatic heterocycles. The number of rotatable bonds is 5. The molecule has 18 heavy (non-hydrogen) atoms. The van der Waals surface area contributed by atoms with Crippen LogP contribution in [0.5, 0.6) is 0 Å². The summed E-state index contributed by atoms with van der Waals surface area (Å²) >= 11 is 0. The van der Waals surface area contributed by atoms with Crippen LogP contribution in [0.3, 0.4) is 0 Å². The van der Waals surface area contributed by atoms with Crippen LogP contribution in [0, 0.1) is 6.92 Å². The fraction of sp³-hybridized carbons (Fsp3) is 0.545. The number of nitrogens with zero attached hydrogens (tertiary/aromatic N) is 4. The van der Waals surface area contributed by atoms with E-state index in [2.05, 4.69) is 20.6 Å². The van der Waals surface area contributed by atoms with Gasteiger partial charge in [0.2, 0.25) is 5.89 Å². The van der Waals surface area contributed by atoms with Gasteiger partial charge in [0, 0.05) is 20.0 Å². The van der Waals surface area contributed by atoms with Crippen LogP contribution >= 0.6 is 0 Å². The van der Waals surface area contributed by atoms with Crippen molar-refractivity contribution in [2.45, 2.75) is 26.7 Å². The van der Waals surface area contributed by atoms with Gasteiger partial charge in [0.05, 0.1) is 11.4 Å². The fourth-order valence-corrected chi connectivity index (χ4v) is 1.80. The number of aryl methyl sites for hydroxylation is 3. The van der Waals surface area contributed by atoms with Crippen LogP contribution in [0.25, 0.3) is 0 Å². The Balaban J connectivity index is 1.96. The zero-order valence-electron chi connectivity index (χ0n) is 10.9. The summed E-state index contributed by atoms with van der Waals surface area (Å²) in [5.74, 6) is 2.11. The zero-order valence-corrected chi connectivity index (χ0v) is 10.9. The molecular weight excluding hydrogens is 232 g/mol. The van der Waals surface area contributed by atoms with E-state index in [1.54, 1.807) is 11.6 Å². The zero-order chi connectivity index (χ0) is 13.1. The van der Waals surface area contributed by atoms with Gasteiger partial charge in [-0.1, -0.05) is 12.1 Å². The van der Waals surface area contributed by atoms with E-state index in [4.69, 9.17) is 10.3 Å². The van der Waals surface area contributed by atoms with Crippen molar-refractivity contribution in [3.8, 4) is 0 Å². The van der Waals surface area contributed by atoms with Crippen molar-refractivity contribution in [3.05, 3.63) is 17.4 Å². The molecule has 0 bridgehead atoms. The molecule has 0 aliphatic carbocycles. The Morgan fingerprint density at radius 3 is 2.78 bits per heavy atom. The Bertz CT molecular complexity index is 530. The second-order valence-corrected chi connectivity index (χ2v) is 4.10. The molecule has 0 radical (unpaired) electrons. The number of hydrogen-bond donors (Lipinski definition) is 2. The minimum atomic E-state index is 0.622. The molecular formula is C11H18N6O. The van der Waals surface area contributed by atoms with E-state index in [9.17, 15) is 0 Å². The molecule has 0 saturated heterocycles. The summed E-state index contributed by atoms with van der Waals surface area (Å²) in [5.41, 5.74) is 7.62. The van der Waals surface area contributed by atoms with Gasteiger partial charge in [0.25, 0.3) is 0 Å². The second-order valence-electron chi connectivity index (χ2n) is 4.10. The number of nitrogens with two attached hydrogens (primary N) is 1. The summed E-state index contributed by atoms with van der Waals surface area (Å²) < 4.78 is 6.79. The largest absolute Gasteiger partial charge is 0.394 e. The first kappa shape index (κ1) is 12.4. The SMILES string of the molecule is CCc1nn(C)c(NCCc2nc(C)no2)c1N. The third kappa shape index (κ3) is 2.44. The summed E-state index contributed by atoms with van der Waals surface area (Å²) in [6, 6.07) is 0. The van der Waals surface area contributed by atoms with E-state index < -0.39 is 0 Å². The third-order valence-corrected chi connectivity index (χ3v) is 2.70. The average molecular weight is 250 g/mol. The quantitative estimate of drug-likeness (QED) is 0.819. The molecule has 0 amide bonds. The predicted octanol–water partition coefficient (Wildman–Crippen LogP) is 0.911. The van der Waals surface area contributed by atoms with Crippen molar-refractivity contribution in [1.29, 1.82) is 0 Å². The highest BCUT2D eigenvalue weighted by Gasteiger charge is 2.11. The van der Waals surface area contributed by atoms with Crippen LogP contribution in [0.4, 0.5) is 11.5 Å². The summed E-state index contributed by atoms with van der Waals surface area (Å²) in [6.45, 7) is 4.51. The Morgan fingerprint density at radius 1 is 1.44 bits per heavy atom. The highest BCUT2D eigenvalue weighted by atomic mass is 16.5. The van der Waals surface area contributed by atoms with Crippen molar-refractivity contribution in [2.24, 2.45) is 7.05 Å². The molecule has 0 unspecified atom stereocenters. The molecule has 0 atom stereocenters. The van der Waals surface area contributed by atoms with Crippen LogP contribution in [0.15, 0.2) is 4.52 Å². The van der Waals surface area contributed by atoms with Gasteiger partial charge in [-0.05, 0) is 13.3 Å². The first-order chi connectivity index (χ1) is 8.61. The van der Waals surface area contributed by atoms with Gasteiger partial charge in [-0.3, -0.25) is 4.68 Å². The lowest BCUT2D eigenvalue weighted by Crippen LogP contribution is -2.10. The van der Waals surface area contributed by atoms with E-state index in [1.165, 1.54) is 0 Å². The first-order valence-electron chi connectivity index (χ1n) is 5.96. The minimum Gasteiger partial charge on any atom is -0.394 e. The lowest BCUT2D eigenvalue weighted by Gasteiger charge is -2.05. The fourth-order valence-electron chi connectivity index (χ4n) is 1.80. The number of anilines is 2. The van der Waals surface area contributed by atoms with E-state index in [0.29, 0.717) is 30.4 Å². The topological polar surface area (TPSA) is 94.8 Å². The average Bonchev–Trinajstić information content (AvgIpc) is 2.86. The van der Waals surface area contributed by atoms with Gasteiger partial charge in [-0.15, -0.1) is 0 Å². The van der Waals surface area contributed by atoms with E-state index in [0.717, 1.165) is 17.9 Å². The van der Waals surface area contributed by atoms with Crippen LogP contribution in [0.2, 0.25) is 0 Å². The van der Waals surface area contributed by atoms with Gasteiger partial charge in [0.1, 0.15) is 5.82 Å². The molecule has 7 nitrogen and oxygen atoms in total. The van der Waals surface area contributed by atoms with Crippen LogP contribution < -0.4 is 11.1 Å². The maximum absolute atomic E-state index is 6.00. The smallest absolute Gasteiger partial charge is 0.228 e. The predicted molar refractivity (Wildman–Crippen MR) is 68.2 cm³/mol. The van der Waals surface area contributed by atoms with E-state index in [-0.39, 0.29) is 0 Å². The van der Waals surface area contributed by atoms with Crippen molar-refractivity contribution >= 4 is 11.5 Å². The summed E-state index contributed by atoms with van der Waals surface area (Å²) in [7, 11) is 1.87. The first-order valence-corrected chi connectivity index (χ1v) is 5.96. The third-order valence-electron chi connectivity index (χ3n) is 2.70. The van der Waals surface area contributed by atoms with Crippen LogP contribution in [0.1, 0.15) is 24.3 Å². The molecule has 0 spiro atoms. The lowest BCUT2D eigenvalue weighted by molar-refractivity contribution is 0.377. The Kier molecular flexibility index (Phi) is 3.50. The van der Waals surface area contributed by atoms with E-state index in [1.807, 2.05) is 14.0 Å². The van der Waals surface area contributed by atoms with Gasteiger partial charge < -0.3 is 15.6 Å². The molecule has 3 N–H and O–H groups in total. The number of aromatic nitrogens is 4. The Labute approximate surface area is 105 Å². The molecule has 98 valence electrons. The molecule has 0 aliphatic rings. The van der Waals surface area contributed by atoms with Crippen molar-refractivity contribution < 1.29 is 4.52 Å². The van der Waals surface area contributed by atoms with Crippen LogP contribution in [-0.2, 0) is 19.9 Å². The normalized spacial score (nSPS) is 10.8. The molecule has 0 aliphatic heterocycles.